The van der Waals surface area contributed by atoms with Gasteiger partial charge >= 0.3 is 0 Å². The zero-order chi connectivity index (χ0) is 28.2. The fraction of sp³-hybridized carbons (Fsp3) is 0.100. The minimum atomic E-state index is -0.619. The summed E-state index contributed by atoms with van der Waals surface area (Å²) in [6.45, 7) is 2.08. The second-order valence-electron chi connectivity index (χ2n) is 8.90. The van der Waals surface area contributed by atoms with Gasteiger partial charge in [-0.05, 0) is 42.3 Å². The zero-order valence-corrected chi connectivity index (χ0v) is 21.8. The maximum Gasteiger partial charge on any atom is 0.256 e. The number of aromatic nitrogens is 6. The fourth-order valence-corrected chi connectivity index (χ4v) is 4.26. The Labute approximate surface area is 229 Å². The molecule has 0 aliphatic heterocycles. The number of anilines is 1. The number of hydrogen-bond acceptors (Lipinski definition) is 6. The van der Waals surface area contributed by atoms with Crippen LogP contribution in [0.2, 0.25) is 0 Å². The van der Waals surface area contributed by atoms with Gasteiger partial charge in [0.1, 0.15) is 11.4 Å². The molecule has 0 saturated carbocycles. The predicted molar refractivity (Wildman–Crippen MR) is 152 cm³/mol. The lowest BCUT2D eigenvalue weighted by atomic mass is 10.00. The van der Waals surface area contributed by atoms with Crippen LogP contribution in [-0.4, -0.2) is 35.3 Å². The van der Waals surface area contributed by atoms with Gasteiger partial charge in [-0.25, -0.2) is 18.9 Å². The molecule has 10 heteroatoms. The minimum absolute atomic E-state index is 0.103. The first-order chi connectivity index (χ1) is 19.3. The van der Waals surface area contributed by atoms with Gasteiger partial charge < -0.3 is 11.5 Å². The molecule has 0 bridgehead atoms. The Kier molecular flexibility index (Phi) is 7.20. The van der Waals surface area contributed by atoms with Crippen molar-refractivity contribution in [3.05, 3.63) is 107 Å². The van der Waals surface area contributed by atoms with Gasteiger partial charge in [0.2, 0.25) is 0 Å². The monoisotopic (exact) mass is 532 g/mol. The van der Waals surface area contributed by atoms with Gasteiger partial charge in [-0.2, -0.15) is 5.10 Å². The third-order valence-electron chi connectivity index (χ3n) is 6.12. The number of nitrogens with two attached hydrogens (primary N) is 2. The second-order valence-corrected chi connectivity index (χ2v) is 8.90. The van der Waals surface area contributed by atoms with Crippen molar-refractivity contribution in [3.63, 3.8) is 0 Å². The number of fused-ring (bicyclic) bond motifs is 2. The molecule has 0 aliphatic carbocycles. The third-order valence-corrected chi connectivity index (χ3v) is 6.12. The molecule has 0 radical (unpaired) electrons. The van der Waals surface area contributed by atoms with E-state index in [1.807, 2.05) is 37.5 Å². The Morgan fingerprint density at radius 2 is 1.93 bits per heavy atom. The highest BCUT2D eigenvalue weighted by atomic mass is 19.1. The number of carbonyl (C=O) groups is 1. The van der Waals surface area contributed by atoms with Crippen molar-refractivity contribution in [2.75, 3.05) is 5.73 Å². The van der Waals surface area contributed by atoms with Crippen LogP contribution < -0.4 is 11.5 Å². The lowest BCUT2D eigenvalue weighted by Crippen LogP contribution is -2.12. The maximum atomic E-state index is 13.7. The van der Waals surface area contributed by atoms with Crippen molar-refractivity contribution in [3.8, 4) is 23.1 Å². The second kappa shape index (κ2) is 11.0. The Balaban J connectivity index is 0.000000207. The number of amides is 1. The molecule has 1 amide bonds. The Morgan fingerprint density at radius 1 is 1.10 bits per heavy atom. The summed E-state index contributed by atoms with van der Waals surface area (Å²) in [4.78, 5) is 19.8. The van der Waals surface area contributed by atoms with Gasteiger partial charge in [0, 0.05) is 36.6 Å². The molecule has 4 heterocycles. The summed E-state index contributed by atoms with van der Waals surface area (Å²) in [6, 6.07) is 16.4. The normalized spacial score (nSPS) is 10.6. The number of benzene rings is 2. The summed E-state index contributed by atoms with van der Waals surface area (Å²) >= 11 is 0. The van der Waals surface area contributed by atoms with Gasteiger partial charge in [0.05, 0.1) is 28.5 Å². The topological polar surface area (TPSA) is 130 Å². The molecule has 2 aromatic carbocycles. The summed E-state index contributed by atoms with van der Waals surface area (Å²) in [7, 11) is 1.86. The third kappa shape index (κ3) is 5.35. The van der Waals surface area contributed by atoms with Crippen LogP contribution in [0.4, 0.5) is 10.2 Å². The van der Waals surface area contributed by atoms with E-state index in [-0.39, 0.29) is 17.2 Å². The first kappa shape index (κ1) is 26.1. The number of halogens is 1. The van der Waals surface area contributed by atoms with Gasteiger partial charge in [0.25, 0.3) is 5.91 Å². The number of nitrogen functional groups attached to an aromatic ring is 1. The van der Waals surface area contributed by atoms with Crippen molar-refractivity contribution in [1.29, 1.82) is 0 Å². The molecule has 4 aromatic heterocycles. The SMILES string of the molecule is CCc1cc2cccc(C#Cc3cnn(C)c3)c2nc1-c1cccc(F)c1.NC(=O)c1c(N)nn2cccnc12. The van der Waals surface area contributed by atoms with Crippen molar-refractivity contribution >= 4 is 28.3 Å². The summed E-state index contributed by atoms with van der Waals surface area (Å²) < 4.78 is 16.9. The summed E-state index contributed by atoms with van der Waals surface area (Å²) in [6.07, 6.45) is 7.62. The number of aryl methyl sites for hydroxylation is 2. The quantitative estimate of drug-likeness (QED) is 0.330. The maximum absolute atomic E-state index is 13.7. The van der Waals surface area contributed by atoms with E-state index in [0.717, 1.165) is 45.3 Å². The van der Waals surface area contributed by atoms with E-state index in [2.05, 4.69) is 40.0 Å². The van der Waals surface area contributed by atoms with E-state index >= 15 is 0 Å². The zero-order valence-electron chi connectivity index (χ0n) is 21.8. The molecule has 0 aliphatic rings. The first-order valence-electron chi connectivity index (χ1n) is 12.4. The number of rotatable bonds is 3. The number of pyridine rings is 1. The van der Waals surface area contributed by atoms with Gasteiger partial charge in [-0.3, -0.25) is 9.48 Å². The number of para-hydroxylation sites is 1. The minimum Gasteiger partial charge on any atom is -0.381 e. The van der Waals surface area contributed by atoms with E-state index in [4.69, 9.17) is 16.5 Å². The molecule has 198 valence electrons. The van der Waals surface area contributed by atoms with Crippen LogP contribution in [0.3, 0.4) is 0 Å². The van der Waals surface area contributed by atoms with E-state index in [1.54, 1.807) is 35.4 Å². The number of primary amides is 1. The Morgan fingerprint density at radius 3 is 2.65 bits per heavy atom. The van der Waals surface area contributed by atoms with Gasteiger partial charge in [-0.1, -0.05) is 43.0 Å². The highest BCUT2D eigenvalue weighted by molar-refractivity contribution is 6.03. The lowest BCUT2D eigenvalue weighted by Gasteiger charge is -2.11. The van der Waals surface area contributed by atoms with E-state index in [0.29, 0.717) is 5.65 Å². The molecule has 40 heavy (non-hydrogen) atoms. The molecule has 0 atom stereocenters. The lowest BCUT2D eigenvalue weighted by molar-refractivity contribution is 0.100. The van der Waals surface area contributed by atoms with Gasteiger partial charge in [0.15, 0.2) is 11.5 Å². The summed E-state index contributed by atoms with van der Waals surface area (Å²) in [5, 5.41) is 9.04. The van der Waals surface area contributed by atoms with Crippen LogP contribution in [-0.2, 0) is 13.5 Å². The van der Waals surface area contributed by atoms with E-state index in [1.165, 1.54) is 16.6 Å². The predicted octanol–water partition coefficient (Wildman–Crippen LogP) is 4.15. The Hall–Kier alpha value is -5.56. The van der Waals surface area contributed by atoms with Crippen LogP contribution in [0.15, 0.2) is 79.4 Å². The van der Waals surface area contributed by atoms with Crippen molar-refractivity contribution in [2.24, 2.45) is 12.8 Å². The Bertz CT molecular complexity index is 1930. The van der Waals surface area contributed by atoms with E-state index < -0.39 is 5.91 Å². The van der Waals surface area contributed by atoms with Crippen LogP contribution in [0, 0.1) is 17.7 Å². The average Bonchev–Trinajstić information content (AvgIpc) is 3.52. The molecular weight excluding hydrogens is 507 g/mol. The smallest absolute Gasteiger partial charge is 0.256 e. The van der Waals surface area contributed by atoms with Crippen LogP contribution in [0.25, 0.3) is 27.8 Å². The molecule has 0 spiro atoms. The highest BCUT2D eigenvalue weighted by Gasteiger charge is 2.15. The van der Waals surface area contributed by atoms with Gasteiger partial charge in [-0.15, -0.1) is 5.10 Å². The molecule has 4 N–H and O–H groups in total. The standard InChI is InChI=1S/C23H18FN3.C7H7N5O/c1-3-17-12-19-7-4-6-18(11-10-16-14-25-27(2)15-16)23(19)26-22(17)20-8-5-9-21(24)13-20;8-5-4(6(9)13)7-10-2-1-3-12(7)11-5/h4-9,12-15H,3H2,1-2H3;1-3H,(H2,8,11)(H2,9,13). The fourth-order valence-electron chi connectivity index (χ4n) is 4.26. The summed E-state index contributed by atoms with van der Waals surface area (Å²) in [5.41, 5.74) is 16.3. The molecule has 0 unspecified atom stereocenters. The van der Waals surface area contributed by atoms with Crippen molar-refractivity contribution in [2.45, 2.75) is 13.3 Å². The molecule has 0 saturated heterocycles. The molecule has 6 rings (SSSR count). The highest BCUT2D eigenvalue weighted by Crippen LogP contribution is 2.28. The van der Waals surface area contributed by atoms with Crippen LogP contribution in [0.1, 0.15) is 34.0 Å². The summed E-state index contributed by atoms with van der Waals surface area (Å²) in [5.74, 6) is 5.56. The van der Waals surface area contributed by atoms with Crippen molar-refractivity contribution < 1.29 is 9.18 Å². The number of nitrogens with zero attached hydrogens (tertiary/aromatic N) is 6. The molecule has 0 fully saturated rings. The number of hydrogen-bond donors (Lipinski definition) is 2. The largest absolute Gasteiger partial charge is 0.381 e. The first-order valence-corrected chi connectivity index (χ1v) is 12.4. The van der Waals surface area contributed by atoms with Crippen molar-refractivity contribution in [1.82, 2.24) is 29.4 Å². The number of carbonyl (C=O) groups excluding carboxylic acids is 1. The van der Waals surface area contributed by atoms with Crippen LogP contribution >= 0.6 is 0 Å². The van der Waals surface area contributed by atoms with Crippen LogP contribution in [0.5, 0.6) is 0 Å². The molecular formula is C30H25FN8O. The molecule has 6 aromatic rings. The molecule has 9 nitrogen and oxygen atoms in total. The van der Waals surface area contributed by atoms with E-state index in [9.17, 15) is 9.18 Å². The average molecular weight is 533 g/mol.